The fourth-order valence-corrected chi connectivity index (χ4v) is 5.08. The van der Waals surface area contributed by atoms with Crippen LogP contribution in [0, 0.1) is 0 Å². The van der Waals surface area contributed by atoms with Crippen LogP contribution in [-0.2, 0) is 13.9 Å². The molecule has 12 nitrogen and oxygen atoms in total. The lowest BCUT2D eigenvalue weighted by atomic mass is 10.1. The third-order valence-electron chi connectivity index (χ3n) is 4.51. The maximum Gasteiger partial charge on any atom is 0.369 e. The summed E-state index contributed by atoms with van der Waals surface area (Å²) in [6.45, 7) is 0.979. The zero-order valence-corrected chi connectivity index (χ0v) is 16.9. The molecule has 14 heteroatoms. The van der Waals surface area contributed by atoms with Gasteiger partial charge in [0.05, 0.1) is 11.1 Å². The van der Waals surface area contributed by atoms with Gasteiger partial charge in [-0.2, -0.15) is 0 Å². The third-order valence-corrected chi connectivity index (χ3v) is 8.39. The molecule has 1 aromatic carbocycles. The molecule has 0 bridgehead atoms. The predicted octanol–water partition coefficient (Wildman–Crippen LogP) is -0.431. The summed E-state index contributed by atoms with van der Waals surface area (Å²) < 4.78 is 22.5. The Hall–Kier alpha value is -1.91. The van der Waals surface area contributed by atoms with E-state index in [1.165, 1.54) is 19.1 Å². The molecule has 0 aromatic heterocycles. The highest BCUT2D eigenvalue weighted by molar-refractivity contribution is 7.72. The molecule has 1 aliphatic rings. The Labute approximate surface area is 164 Å². The number of carbonyl (C=O) groups excluding carboxylic acids is 3. The monoisotopic (exact) mass is 450 g/mol. The van der Waals surface area contributed by atoms with Gasteiger partial charge in [-0.1, -0.05) is 12.1 Å². The molecule has 0 unspecified atom stereocenters. The lowest BCUT2D eigenvalue weighted by Gasteiger charge is -2.29. The molecule has 1 atom stereocenters. The van der Waals surface area contributed by atoms with Crippen LogP contribution in [0.2, 0.25) is 0 Å². The van der Waals surface area contributed by atoms with Gasteiger partial charge in [0.1, 0.15) is 6.04 Å². The van der Waals surface area contributed by atoms with Gasteiger partial charge >= 0.3 is 15.2 Å². The van der Waals surface area contributed by atoms with Crippen LogP contribution in [-0.4, -0.2) is 65.0 Å². The van der Waals surface area contributed by atoms with Crippen LogP contribution in [0.1, 0.15) is 40.5 Å². The lowest BCUT2D eigenvalue weighted by Crippen LogP contribution is -2.48. The molecule has 0 saturated heterocycles. The van der Waals surface area contributed by atoms with Crippen LogP contribution in [0.5, 0.6) is 0 Å². The molecule has 0 fully saturated rings. The molecule has 0 spiro atoms. The van der Waals surface area contributed by atoms with Crippen molar-refractivity contribution >= 4 is 32.9 Å². The van der Waals surface area contributed by atoms with Crippen molar-refractivity contribution in [1.29, 1.82) is 0 Å². The number of amides is 3. The minimum atomic E-state index is -5.58. The quantitative estimate of drug-likeness (QED) is 0.171. The smallest absolute Gasteiger partial charge is 0.368 e. The first-order valence-corrected chi connectivity index (χ1v) is 11.5. The van der Waals surface area contributed by atoms with Crippen molar-refractivity contribution < 1.29 is 48.2 Å². The van der Waals surface area contributed by atoms with E-state index in [9.17, 15) is 28.6 Å². The van der Waals surface area contributed by atoms with E-state index in [4.69, 9.17) is 19.6 Å². The van der Waals surface area contributed by atoms with E-state index in [0.717, 1.165) is 4.90 Å². The standard InChI is InChI=1S/C15H20N2O10P2/c1-9(17-13(19)10-5-2-3-6-11(10)14(17)20)12(18)16-8-4-7-15(21,28(22,23)24)29(25,26)27/h2-3,5-6,9,21H,4,7-8H2,1H3,(H,16,18)(H2,22,23,24)(H2,25,26,27)/t9-/m1/s1. The Morgan fingerprint density at radius 1 is 1.07 bits per heavy atom. The van der Waals surface area contributed by atoms with Crippen molar-refractivity contribution in [1.82, 2.24) is 10.2 Å². The number of imide groups is 1. The number of benzene rings is 1. The summed E-state index contributed by atoms with van der Waals surface area (Å²) in [6.07, 6.45) is -1.39. The number of hydrogen-bond donors (Lipinski definition) is 6. The molecule has 29 heavy (non-hydrogen) atoms. The Balaban J connectivity index is 1.98. The van der Waals surface area contributed by atoms with Gasteiger partial charge < -0.3 is 30.0 Å². The maximum atomic E-state index is 12.4. The second-order valence-corrected chi connectivity index (χ2v) is 10.5. The van der Waals surface area contributed by atoms with E-state index in [1.54, 1.807) is 12.1 Å². The molecule has 6 N–H and O–H groups in total. The molecular formula is C15H20N2O10P2. The molecule has 0 aliphatic carbocycles. The Morgan fingerprint density at radius 2 is 1.52 bits per heavy atom. The van der Waals surface area contributed by atoms with E-state index in [2.05, 4.69) is 5.32 Å². The highest BCUT2D eigenvalue weighted by Gasteiger charge is 2.58. The fraction of sp³-hybridized carbons (Fsp3) is 0.400. The van der Waals surface area contributed by atoms with E-state index < -0.39 is 56.9 Å². The molecule has 0 saturated carbocycles. The number of hydrogen-bond acceptors (Lipinski definition) is 6. The number of nitrogens with zero attached hydrogens (tertiary/aromatic N) is 1. The van der Waals surface area contributed by atoms with Crippen LogP contribution in [0.15, 0.2) is 24.3 Å². The van der Waals surface area contributed by atoms with Crippen molar-refractivity contribution in [3.63, 3.8) is 0 Å². The molecule has 2 rings (SSSR count). The zero-order chi connectivity index (χ0) is 22.2. The minimum absolute atomic E-state index is 0.158. The summed E-state index contributed by atoms with van der Waals surface area (Å²) in [5.74, 6) is -2.06. The normalized spacial score (nSPS) is 16.0. The summed E-state index contributed by atoms with van der Waals surface area (Å²) in [7, 11) is -11.2. The zero-order valence-electron chi connectivity index (χ0n) is 15.1. The molecule has 0 radical (unpaired) electrons. The molecule has 1 aromatic rings. The number of nitrogens with one attached hydrogen (secondary N) is 1. The SMILES string of the molecule is C[C@H](C(=O)NCCCC(O)(P(=O)(O)O)P(=O)(O)O)N1C(=O)c2ccccc2C1=O. The van der Waals surface area contributed by atoms with Gasteiger partial charge in [-0.15, -0.1) is 0 Å². The number of aliphatic hydroxyl groups is 1. The molecule has 1 heterocycles. The first-order valence-electron chi connectivity index (χ1n) is 8.30. The average molecular weight is 450 g/mol. The van der Waals surface area contributed by atoms with Crippen LogP contribution >= 0.6 is 15.2 Å². The summed E-state index contributed by atoms with van der Waals surface area (Å²) in [5.41, 5.74) is 0.316. The Morgan fingerprint density at radius 3 is 1.93 bits per heavy atom. The predicted molar refractivity (Wildman–Crippen MR) is 97.7 cm³/mol. The van der Waals surface area contributed by atoms with Crippen LogP contribution < -0.4 is 5.32 Å². The van der Waals surface area contributed by atoms with Crippen molar-refractivity contribution in [2.45, 2.75) is 30.9 Å². The second kappa shape index (κ2) is 8.08. The average Bonchev–Trinajstić information content (AvgIpc) is 2.87. The third kappa shape index (κ3) is 4.34. The first-order chi connectivity index (χ1) is 13.2. The fourth-order valence-electron chi connectivity index (χ4n) is 2.82. The van der Waals surface area contributed by atoms with Gasteiger partial charge in [-0.25, -0.2) is 0 Å². The lowest BCUT2D eigenvalue weighted by molar-refractivity contribution is -0.124. The summed E-state index contributed by atoms with van der Waals surface area (Å²) in [6, 6.07) is 4.84. The van der Waals surface area contributed by atoms with E-state index in [1.807, 2.05) is 0 Å². The molecule has 1 aliphatic heterocycles. The molecular weight excluding hydrogens is 430 g/mol. The van der Waals surface area contributed by atoms with Crippen LogP contribution in [0.4, 0.5) is 0 Å². The van der Waals surface area contributed by atoms with E-state index >= 15 is 0 Å². The van der Waals surface area contributed by atoms with Crippen molar-refractivity contribution in [2.75, 3.05) is 6.54 Å². The molecule has 3 amide bonds. The second-order valence-electron chi connectivity index (χ2n) is 6.46. The number of carbonyl (C=O) groups is 3. The first kappa shape index (κ1) is 23.4. The van der Waals surface area contributed by atoms with Gasteiger partial charge in [0.15, 0.2) is 0 Å². The highest BCUT2D eigenvalue weighted by Crippen LogP contribution is 2.69. The topological polar surface area (TPSA) is 202 Å². The minimum Gasteiger partial charge on any atom is -0.368 e. The van der Waals surface area contributed by atoms with Gasteiger partial charge in [0, 0.05) is 13.0 Å². The van der Waals surface area contributed by atoms with Crippen LogP contribution in [0.25, 0.3) is 0 Å². The van der Waals surface area contributed by atoms with Gasteiger partial charge in [0.2, 0.25) is 5.91 Å². The highest BCUT2D eigenvalue weighted by atomic mass is 31.2. The van der Waals surface area contributed by atoms with Gasteiger partial charge in [-0.05, 0) is 25.5 Å². The summed E-state index contributed by atoms with van der Waals surface area (Å²) in [5, 5.41) is 8.49. The molecule has 160 valence electrons. The Kier molecular flexibility index (Phi) is 6.51. The summed E-state index contributed by atoms with van der Waals surface area (Å²) >= 11 is 0. The van der Waals surface area contributed by atoms with Crippen molar-refractivity contribution in [3.05, 3.63) is 35.4 Å². The summed E-state index contributed by atoms with van der Waals surface area (Å²) in [4.78, 5) is 74.0. The van der Waals surface area contributed by atoms with Crippen LogP contribution in [0.3, 0.4) is 0 Å². The number of rotatable bonds is 8. The largest absolute Gasteiger partial charge is 0.369 e. The van der Waals surface area contributed by atoms with Crippen molar-refractivity contribution in [2.24, 2.45) is 0 Å². The Bertz CT molecular complexity index is 880. The van der Waals surface area contributed by atoms with Gasteiger partial charge in [-0.3, -0.25) is 28.4 Å². The van der Waals surface area contributed by atoms with Crippen molar-refractivity contribution in [3.8, 4) is 0 Å². The van der Waals surface area contributed by atoms with Gasteiger partial charge in [0.25, 0.3) is 16.9 Å². The van der Waals surface area contributed by atoms with E-state index in [-0.39, 0.29) is 17.7 Å². The maximum absolute atomic E-state index is 12.4. The van der Waals surface area contributed by atoms with E-state index in [0.29, 0.717) is 0 Å². The number of fused-ring (bicyclic) bond motifs is 1.